The van der Waals surface area contributed by atoms with Crippen LogP contribution >= 0.6 is 0 Å². The van der Waals surface area contributed by atoms with Crippen molar-refractivity contribution in [3.63, 3.8) is 0 Å². The lowest BCUT2D eigenvalue weighted by atomic mass is 9.77. The SMILES string of the molecule is Cc1nc(COc2ccccc2C2CCN(C3CCC4(C3)CN(C(=O)C3(F)CC3)C4)CC2)no1. The van der Waals surface area contributed by atoms with E-state index in [4.69, 9.17) is 9.26 Å². The molecule has 1 aromatic carbocycles. The van der Waals surface area contributed by atoms with E-state index in [1.807, 2.05) is 12.1 Å². The predicted octanol–water partition coefficient (Wildman–Crippen LogP) is 4.02. The van der Waals surface area contributed by atoms with Gasteiger partial charge < -0.3 is 19.1 Å². The molecule has 2 saturated heterocycles. The Balaban J connectivity index is 1.01. The molecule has 0 bridgehead atoms. The number of benzene rings is 1. The molecule has 1 aromatic heterocycles. The van der Waals surface area contributed by atoms with Gasteiger partial charge >= 0.3 is 0 Å². The Hall–Kier alpha value is -2.48. The largest absolute Gasteiger partial charge is 0.485 e. The summed E-state index contributed by atoms with van der Waals surface area (Å²) in [5.74, 6) is 2.24. The maximum Gasteiger partial charge on any atom is 0.260 e. The zero-order chi connectivity index (χ0) is 23.3. The molecule has 34 heavy (non-hydrogen) atoms. The predicted molar refractivity (Wildman–Crippen MR) is 123 cm³/mol. The number of alkyl halides is 1. The summed E-state index contributed by atoms with van der Waals surface area (Å²) in [4.78, 5) is 20.9. The molecule has 4 aliphatic rings. The summed E-state index contributed by atoms with van der Waals surface area (Å²) in [5.41, 5.74) is -0.0267. The van der Waals surface area contributed by atoms with Crippen LogP contribution in [0.2, 0.25) is 0 Å². The van der Waals surface area contributed by atoms with Crippen LogP contribution < -0.4 is 4.74 Å². The number of likely N-dealkylation sites (tertiary alicyclic amines) is 2. The first-order valence-electron chi connectivity index (χ1n) is 12.7. The summed E-state index contributed by atoms with van der Waals surface area (Å²) in [5, 5.41) is 3.92. The highest BCUT2D eigenvalue weighted by molar-refractivity contribution is 5.88. The van der Waals surface area contributed by atoms with Crippen LogP contribution in [0.5, 0.6) is 5.75 Å². The summed E-state index contributed by atoms with van der Waals surface area (Å²) in [7, 11) is 0. The monoisotopic (exact) mass is 468 g/mol. The lowest BCUT2D eigenvalue weighted by molar-refractivity contribution is -0.150. The molecule has 3 heterocycles. The standard InChI is InChI=1S/C26H33FN4O3/c1-18-28-23(29-34-18)15-33-22-5-3-2-4-21(22)19-7-12-30(13-8-19)20-6-9-25(14-20)16-31(17-25)24(32)26(27)10-11-26/h2-5,19-20H,6-17H2,1H3. The number of nitrogens with zero attached hydrogens (tertiary/aromatic N) is 4. The second kappa shape index (κ2) is 8.33. The Morgan fingerprint density at radius 2 is 1.94 bits per heavy atom. The van der Waals surface area contributed by atoms with E-state index in [0.29, 0.717) is 43.1 Å². The fraction of sp³-hybridized carbons (Fsp3) is 0.654. The van der Waals surface area contributed by atoms with E-state index in [1.54, 1.807) is 11.8 Å². The maximum atomic E-state index is 14.1. The van der Waals surface area contributed by atoms with Gasteiger partial charge in [0.1, 0.15) is 5.75 Å². The molecule has 2 aromatic rings. The van der Waals surface area contributed by atoms with Crippen LogP contribution in [-0.2, 0) is 11.4 Å². The van der Waals surface area contributed by atoms with E-state index in [9.17, 15) is 9.18 Å². The molecule has 1 amide bonds. The molecule has 1 atom stereocenters. The first-order chi connectivity index (χ1) is 16.4. The average molecular weight is 469 g/mol. The fourth-order valence-electron chi connectivity index (χ4n) is 6.36. The minimum Gasteiger partial charge on any atom is -0.485 e. The van der Waals surface area contributed by atoms with Crippen molar-refractivity contribution in [1.82, 2.24) is 19.9 Å². The number of hydrogen-bond acceptors (Lipinski definition) is 6. The lowest BCUT2D eigenvalue weighted by Gasteiger charge is -2.49. The van der Waals surface area contributed by atoms with Gasteiger partial charge in [0.05, 0.1) is 0 Å². The molecule has 2 aliphatic carbocycles. The van der Waals surface area contributed by atoms with Gasteiger partial charge in [-0.1, -0.05) is 23.4 Å². The summed E-state index contributed by atoms with van der Waals surface area (Å²) in [6.07, 6.45) is 6.55. The van der Waals surface area contributed by atoms with Crippen LogP contribution in [0.4, 0.5) is 4.39 Å². The third kappa shape index (κ3) is 4.10. The highest BCUT2D eigenvalue weighted by Gasteiger charge is 2.58. The Morgan fingerprint density at radius 3 is 2.65 bits per heavy atom. The number of carbonyl (C=O) groups excluding carboxylic acids is 1. The van der Waals surface area contributed by atoms with Crippen LogP contribution in [-0.4, -0.2) is 63.7 Å². The molecule has 8 heteroatoms. The van der Waals surface area contributed by atoms with Crippen molar-refractivity contribution in [2.24, 2.45) is 5.41 Å². The number of aryl methyl sites for hydroxylation is 1. The van der Waals surface area contributed by atoms with Crippen LogP contribution in [0.3, 0.4) is 0 Å². The third-order valence-corrected chi connectivity index (χ3v) is 8.42. The van der Waals surface area contributed by atoms with Gasteiger partial charge in [-0.25, -0.2) is 4.39 Å². The number of ether oxygens (including phenoxy) is 1. The molecule has 6 rings (SSSR count). The normalized spacial score (nSPS) is 25.9. The number of amides is 1. The molecule has 2 aliphatic heterocycles. The lowest BCUT2D eigenvalue weighted by Crippen LogP contribution is -2.60. The summed E-state index contributed by atoms with van der Waals surface area (Å²) in [6, 6.07) is 8.89. The molecule has 2 saturated carbocycles. The second-order valence-corrected chi connectivity index (χ2v) is 10.9. The molecule has 1 unspecified atom stereocenters. The van der Waals surface area contributed by atoms with Gasteiger partial charge in [0.15, 0.2) is 12.3 Å². The number of carbonyl (C=O) groups is 1. The molecule has 182 valence electrons. The summed E-state index contributed by atoms with van der Waals surface area (Å²) >= 11 is 0. The number of halogens is 1. The Bertz CT molecular complexity index is 1050. The summed E-state index contributed by atoms with van der Waals surface area (Å²) in [6.45, 7) is 5.77. The van der Waals surface area contributed by atoms with Gasteiger partial charge in [-0.05, 0) is 75.6 Å². The van der Waals surface area contributed by atoms with Crippen molar-refractivity contribution in [2.45, 2.75) is 76.1 Å². The van der Waals surface area contributed by atoms with Gasteiger partial charge in [-0.2, -0.15) is 4.98 Å². The van der Waals surface area contributed by atoms with Gasteiger partial charge in [-0.15, -0.1) is 0 Å². The molecule has 0 N–H and O–H groups in total. The van der Waals surface area contributed by atoms with Crippen LogP contribution in [0.15, 0.2) is 28.8 Å². The maximum absolute atomic E-state index is 14.1. The van der Waals surface area contributed by atoms with Crippen molar-refractivity contribution < 1.29 is 18.4 Å². The first kappa shape index (κ1) is 22.0. The smallest absolute Gasteiger partial charge is 0.260 e. The van der Waals surface area contributed by atoms with Crippen LogP contribution in [0.1, 0.15) is 68.1 Å². The van der Waals surface area contributed by atoms with Crippen LogP contribution in [0, 0.1) is 12.3 Å². The number of rotatable bonds is 6. The van der Waals surface area contributed by atoms with Crippen molar-refractivity contribution >= 4 is 5.91 Å². The molecule has 7 nitrogen and oxygen atoms in total. The number of hydrogen-bond donors (Lipinski definition) is 0. The van der Waals surface area contributed by atoms with Gasteiger partial charge in [-0.3, -0.25) is 4.79 Å². The third-order valence-electron chi connectivity index (χ3n) is 8.42. The van der Waals surface area contributed by atoms with E-state index in [1.165, 1.54) is 12.0 Å². The van der Waals surface area contributed by atoms with E-state index >= 15 is 0 Å². The van der Waals surface area contributed by atoms with Crippen molar-refractivity contribution in [3.05, 3.63) is 41.5 Å². The van der Waals surface area contributed by atoms with Gasteiger partial charge in [0, 0.05) is 31.5 Å². The number of para-hydroxylation sites is 1. The van der Waals surface area contributed by atoms with E-state index in [2.05, 4.69) is 27.2 Å². The first-order valence-corrected chi connectivity index (χ1v) is 12.7. The fourth-order valence-corrected chi connectivity index (χ4v) is 6.36. The number of aromatic nitrogens is 2. The highest BCUT2D eigenvalue weighted by atomic mass is 19.1. The topological polar surface area (TPSA) is 71.7 Å². The van der Waals surface area contributed by atoms with Crippen molar-refractivity contribution in [1.29, 1.82) is 0 Å². The van der Waals surface area contributed by atoms with E-state index in [-0.39, 0.29) is 11.3 Å². The van der Waals surface area contributed by atoms with Gasteiger partial charge in [0.25, 0.3) is 5.91 Å². The molecular weight excluding hydrogens is 435 g/mol. The van der Waals surface area contributed by atoms with E-state index in [0.717, 1.165) is 57.6 Å². The second-order valence-electron chi connectivity index (χ2n) is 10.9. The minimum absolute atomic E-state index is 0.233. The Morgan fingerprint density at radius 1 is 1.18 bits per heavy atom. The van der Waals surface area contributed by atoms with Crippen LogP contribution in [0.25, 0.3) is 0 Å². The molecular formula is C26H33FN4O3. The van der Waals surface area contributed by atoms with Crippen molar-refractivity contribution in [2.75, 3.05) is 26.2 Å². The zero-order valence-electron chi connectivity index (χ0n) is 19.8. The Kier molecular flexibility index (Phi) is 5.39. The molecule has 4 fully saturated rings. The quantitative estimate of drug-likeness (QED) is 0.638. The van der Waals surface area contributed by atoms with Crippen molar-refractivity contribution in [3.8, 4) is 5.75 Å². The number of piperidine rings is 1. The minimum atomic E-state index is -1.52. The summed E-state index contributed by atoms with van der Waals surface area (Å²) < 4.78 is 25.2. The van der Waals surface area contributed by atoms with Gasteiger partial charge in [0.2, 0.25) is 11.7 Å². The Labute approximate surface area is 199 Å². The highest BCUT2D eigenvalue weighted by Crippen LogP contribution is 2.51. The molecule has 1 spiro atoms. The zero-order valence-corrected chi connectivity index (χ0v) is 19.8. The van der Waals surface area contributed by atoms with E-state index < -0.39 is 5.67 Å². The average Bonchev–Trinajstić information content (AvgIpc) is 3.23. The molecule has 0 radical (unpaired) electrons.